The van der Waals surface area contributed by atoms with E-state index in [-0.39, 0.29) is 23.8 Å². The van der Waals surface area contributed by atoms with Gasteiger partial charge in [0.05, 0.1) is 24.4 Å². The van der Waals surface area contributed by atoms with Crippen LogP contribution in [0.4, 0.5) is 0 Å². The Balaban J connectivity index is 1.32. The van der Waals surface area contributed by atoms with Crippen molar-refractivity contribution in [3.8, 4) is 11.5 Å². The molecular formula is C22H28N8O2S2. The number of thioether (sulfide) groups is 1. The van der Waals surface area contributed by atoms with Crippen molar-refractivity contribution >= 4 is 35.0 Å². The Kier molecular flexibility index (Phi) is 8.14. The van der Waals surface area contributed by atoms with Crippen molar-refractivity contribution in [3.05, 3.63) is 48.2 Å². The van der Waals surface area contributed by atoms with Gasteiger partial charge in [-0.15, -0.1) is 10.2 Å². The van der Waals surface area contributed by atoms with E-state index in [0.29, 0.717) is 22.6 Å². The molecule has 1 saturated heterocycles. The first-order valence-electron chi connectivity index (χ1n) is 11.1. The van der Waals surface area contributed by atoms with Crippen molar-refractivity contribution in [1.82, 2.24) is 40.7 Å². The smallest absolute Gasteiger partial charge is 0.248 e. The topological polar surface area (TPSA) is 111 Å². The van der Waals surface area contributed by atoms with E-state index in [0.717, 1.165) is 30.7 Å². The Morgan fingerprint density at radius 2 is 2.09 bits per heavy atom. The van der Waals surface area contributed by atoms with Crippen LogP contribution in [0.25, 0.3) is 11.5 Å². The number of benzene rings is 1. The highest BCUT2D eigenvalue weighted by Gasteiger charge is 2.23. The highest BCUT2D eigenvalue weighted by Crippen LogP contribution is 2.25. The lowest BCUT2D eigenvalue weighted by molar-refractivity contribution is -0.119. The number of rotatable bonds is 8. The summed E-state index contributed by atoms with van der Waals surface area (Å²) < 4.78 is 9.52. The van der Waals surface area contributed by atoms with E-state index in [9.17, 15) is 4.79 Å². The predicted molar refractivity (Wildman–Crippen MR) is 134 cm³/mol. The Hall–Kier alpha value is -2.96. The molecule has 4 rings (SSSR count). The molecule has 1 aliphatic rings. The van der Waals surface area contributed by atoms with Crippen LogP contribution in [-0.2, 0) is 23.1 Å². The average molecular weight is 501 g/mol. The number of hydrogen-bond donors (Lipinski definition) is 3. The molecule has 0 aliphatic carbocycles. The minimum atomic E-state index is -0.229. The minimum Gasteiger partial charge on any atom is -0.376 e. The summed E-state index contributed by atoms with van der Waals surface area (Å²) in [5, 5.41) is 17.2. The van der Waals surface area contributed by atoms with E-state index in [2.05, 4.69) is 31.5 Å². The van der Waals surface area contributed by atoms with Gasteiger partial charge in [-0.25, -0.2) is 0 Å². The molecule has 2 aromatic heterocycles. The fraction of sp³-hybridized carbons (Fsp3) is 0.409. The van der Waals surface area contributed by atoms with Crippen molar-refractivity contribution in [2.75, 3.05) is 12.4 Å². The van der Waals surface area contributed by atoms with Gasteiger partial charge in [0, 0.05) is 19.9 Å². The summed E-state index contributed by atoms with van der Waals surface area (Å²) in [5.41, 5.74) is 7.22. The second kappa shape index (κ2) is 11.4. The van der Waals surface area contributed by atoms with Gasteiger partial charge in [-0.3, -0.25) is 24.9 Å². The normalized spacial score (nSPS) is 16.2. The summed E-state index contributed by atoms with van der Waals surface area (Å²) >= 11 is 6.60. The maximum Gasteiger partial charge on any atom is 0.248 e. The van der Waals surface area contributed by atoms with Crippen molar-refractivity contribution in [1.29, 1.82) is 0 Å². The third-order valence-corrected chi connectivity index (χ3v) is 6.55. The first-order valence-corrected chi connectivity index (χ1v) is 12.5. The van der Waals surface area contributed by atoms with Crippen molar-refractivity contribution in [2.45, 2.75) is 43.6 Å². The molecule has 12 heteroatoms. The second-order valence-corrected chi connectivity index (χ2v) is 9.34. The summed E-state index contributed by atoms with van der Waals surface area (Å²) in [5.74, 6) is 0.584. The lowest BCUT2D eigenvalue weighted by Gasteiger charge is -2.17. The molecule has 1 aromatic carbocycles. The molecule has 10 nitrogen and oxygen atoms in total. The van der Waals surface area contributed by atoms with Gasteiger partial charge in [-0.05, 0) is 43.6 Å². The fourth-order valence-electron chi connectivity index (χ4n) is 3.63. The zero-order valence-electron chi connectivity index (χ0n) is 19.1. The highest BCUT2D eigenvalue weighted by molar-refractivity contribution is 7.99. The zero-order valence-corrected chi connectivity index (χ0v) is 20.7. The van der Waals surface area contributed by atoms with E-state index in [1.165, 1.54) is 11.8 Å². The number of nitrogens with one attached hydrogen (secondary N) is 3. The molecular weight excluding hydrogens is 472 g/mol. The van der Waals surface area contributed by atoms with Gasteiger partial charge in [0.2, 0.25) is 5.91 Å². The average Bonchev–Trinajstić information content (AvgIpc) is 3.59. The van der Waals surface area contributed by atoms with Gasteiger partial charge in [-0.1, -0.05) is 42.1 Å². The highest BCUT2D eigenvalue weighted by atomic mass is 32.2. The van der Waals surface area contributed by atoms with E-state index < -0.39 is 0 Å². The van der Waals surface area contributed by atoms with Crippen molar-refractivity contribution < 1.29 is 9.53 Å². The van der Waals surface area contributed by atoms with Gasteiger partial charge in [-0.2, -0.15) is 5.10 Å². The molecule has 3 heterocycles. The van der Waals surface area contributed by atoms with Gasteiger partial charge in [0.25, 0.3) is 0 Å². The number of hydrazine groups is 1. The van der Waals surface area contributed by atoms with Crippen molar-refractivity contribution in [2.24, 2.45) is 7.05 Å². The maximum atomic E-state index is 12.4. The van der Waals surface area contributed by atoms with E-state index >= 15 is 0 Å². The quantitative estimate of drug-likeness (QED) is 0.243. The number of ether oxygens (including phenoxy) is 1. The second-order valence-electron chi connectivity index (χ2n) is 7.99. The summed E-state index contributed by atoms with van der Waals surface area (Å²) in [7, 11) is 1.86. The first kappa shape index (κ1) is 24.2. The number of carbonyl (C=O) groups is 1. The number of hydrogen-bond acceptors (Lipinski definition) is 7. The standard InChI is InChI=1S/C22H28N8O2S2/c1-15(16-7-4-3-5-8-16)23-21(33)26-24-19(31)14-34-22-27-25-20(18-10-11-29(2)28-18)30(22)13-17-9-6-12-32-17/h3-5,7-8,10-11,15,17H,6,9,12-14H2,1-2H3,(H,24,31)(H2,23,26,33)/t15-,17+/m1/s1. The Labute approximate surface area is 207 Å². The lowest BCUT2D eigenvalue weighted by Crippen LogP contribution is -2.47. The molecule has 3 N–H and O–H groups in total. The van der Waals surface area contributed by atoms with Gasteiger partial charge in [0.1, 0.15) is 5.69 Å². The number of thiocarbonyl (C=S) groups is 1. The lowest BCUT2D eigenvalue weighted by atomic mass is 10.1. The third kappa shape index (κ3) is 6.33. The summed E-state index contributed by atoms with van der Waals surface area (Å²) in [6.07, 6.45) is 3.99. The predicted octanol–water partition coefficient (Wildman–Crippen LogP) is 2.21. The van der Waals surface area contributed by atoms with E-state index in [1.807, 2.05) is 61.1 Å². The van der Waals surface area contributed by atoms with Crippen LogP contribution in [0.5, 0.6) is 0 Å². The molecule has 0 spiro atoms. The van der Waals surface area contributed by atoms with Crippen LogP contribution in [0.15, 0.2) is 47.8 Å². The fourth-order valence-corrected chi connectivity index (χ4v) is 4.60. The number of carbonyl (C=O) groups excluding carboxylic acids is 1. The number of aryl methyl sites for hydroxylation is 1. The number of amides is 1. The Morgan fingerprint density at radius 1 is 1.26 bits per heavy atom. The molecule has 3 aromatic rings. The monoisotopic (exact) mass is 500 g/mol. The van der Waals surface area contributed by atoms with Crippen LogP contribution in [0.3, 0.4) is 0 Å². The van der Waals surface area contributed by atoms with Crippen LogP contribution in [0.2, 0.25) is 0 Å². The Bertz CT molecular complexity index is 1110. The third-order valence-electron chi connectivity index (χ3n) is 5.36. The minimum absolute atomic E-state index is 0.00820. The summed E-state index contributed by atoms with van der Waals surface area (Å²) in [4.78, 5) is 12.4. The molecule has 1 amide bonds. The van der Waals surface area contributed by atoms with Gasteiger partial charge < -0.3 is 10.1 Å². The van der Waals surface area contributed by atoms with Crippen LogP contribution in [0, 0.1) is 0 Å². The molecule has 1 fully saturated rings. The first-order chi connectivity index (χ1) is 16.5. The van der Waals surface area contributed by atoms with E-state index in [4.69, 9.17) is 17.0 Å². The summed E-state index contributed by atoms with van der Waals surface area (Å²) in [6, 6.07) is 11.8. The Morgan fingerprint density at radius 3 is 2.79 bits per heavy atom. The van der Waals surface area contributed by atoms with Crippen LogP contribution >= 0.6 is 24.0 Å². The van der Waals surface area contributed by atoms with Gasteiger partial charge in [0.15, 0.2) is 16.1 Å². The SMILES string of the molecule is C[C@@H](NC(=S)NNC(=O)CSc1nnc(-c2ccn(C)n2)n1C[C@@H]1CCCO1)c1ccccc1. The molecule has 34 heavy (non-hydrogen) atoms. The largest absolute Gasteiger partial charge is 0.376 e. The van der Waals surface area contributed by atoms with Crippen LogP contribution in [-0.4, -0.2) is 54.0 Å². The molecule has 2 atom stereocenters. The molecule has 180 valence electrons. The van der Waals surface area contributed by atoms with Crippen LogP contribution in [0.1, 0.15) is 31.4 Å². The molecule has 1 aliphatic heterocycles. The molecule has 0 saturated carbocycles. The molecule has 0 unspecified atom stereocenters. The molecule has 0 radical (unpaired) electrons. The molecule has 0 bridgehead atoms. The van der Waals surface area contributed by atoms with E-state index in [1.54, 1.807) is 4.68 Å². The number of nitrogens with zero attached hydrogens (tertiary/aromatic N) is 5. The maximum absolute atomic E-state index is 12.4. The van der Waals surface area contributed by atoms with Crippen molar-refractivity contribution in [3.63, 3.8) is 0 Å². The van der Waals surface area contributed by atoms with Crippen LogP contribution < -0.4 is 16.2 Å². The summed E-state index contributed by atoms with van der Waals surface area (Å²) in [6.45, 7) is 3.38. The van der Waals surface area contributed by atoms with Gasteiger partial charge >= 0.3 is 0 Å². The zero-order chi connectivity index (χ0) is 23.9. The number of aromatic nitrogens is 5.